The van der Waals surface area contributed by atoms with Gasteiger partial charge in [-0.05, 0) is 49.7 Å². The Bertz CT molecular complexity index is 810. The lowest BCUT2D eigenvalue weighted by molar-refractivity contribution is -0.140. The Morgan fingerprint density at radius 2 is 2.00 bits per heavy atom. The Balaban J connectivity index is 2.22. The highest BCUT2D eigenvalue weighted by atomic mass is 32.1. The molecule has 0 bridgehead atoms. The van der Waals surface area contributed by atoms with Gasteiger partial charge in [-0.25, -0.2) is 4.39 Å². The molecular weight excluding hydrogens is 393 g/mol. The number of carbonyl (C=O) groups is 2. The highest BCUT2D eigenvalue weighted by Crippen LogP contribution is 2.32. The van der Waals surface area contributed by atoms with E-state index in [1.165, 1.54) is 24.1 Å². The Morgan fingerprint density at radius 1 is 1.28 bits per heavy atom. The first kappa shape index (κ1) is 22.8. The van der Waals surface area contributed by atoms with Gasteiger partial charge >= 0.3 is 5.97 Å². The summed E-state index contributed by atoms with van der Waals surface area (Å²) < 4.78 is 18.4. The molecular formula is C21H28FN3O3S. The molecule has 1 aliphatic heterocycles. The average Bonchev–Trinajstić information content (AvgIpc) is 2.68. The smallest absolute Gasteiger partial charge is 0.305 e. The molecule has 1 amide bonds. The number of halogens is 1. The van der Waals surface area contributed by atoms with E-state index >= 15 is 0 Å². The quantitative estimate of drug-likeness (QED) is 0.395. The van der Waals surface area contributed by atoms with Crippen LogP contribution in [-0.4, -0.2) is 54.5 Å². The number of amides is 1. The van der Waals surface area contributed by atoms with Gasteiger partial charge < -0.3 is 19.9 Å². The molecule has 1 atom stereocenters. The topological polar surface area (TPSA) is 61.9 Å². The van der Waals surface area contributed by atoms with Crippen LogP contribution < -0.4 is 5.32 Å². The highest BCUT2D eigenvalue weighted by Gasteiger charge is 2.34. The maximum atomic E-state index is 13.8. The molecule has 0 saturated heterocycles. The first-order chi connectivity index (χ1) is 13.8. The molecule has 6 nitrogen and oxygen atoms in total. The lowest BCUT2D eigenvalue weighted by atomic mass is 9.94. The maximum Gasteiger partial charge on any atom is 0.305 e. The minimum absolute atomic E-state index is 0.151. The van der Waals surface area contributed by atoms with E-state index in [1.807, 2.05) is 11.8 Å². The van der Waals surface area contributed by atoms with Crippen LogP contribution in [0.5, 0.6) is 0 Å². The van der Waals surface area contributed by atoms with Gasteiger partial charge in [0, 0.05) is 32.8 Å². The van der Waals surface area contributed by atoms with Crippen molar-refractivity contribution in [2.75, 3.05) is 27.7 Å². The van der Waals surface area contributed by atoms with Crippen molar-refractivity contribution in [3.63, 3.8) is 0 Å². The SMILES string of the molecule is COC(=O)CCCCCN1C(=S)N[C@@H](c2cccc(F)c2)C(C(=O)N(C)C)=C1C. The van der Waals surface area contributed by atoms with E-state index in [9.17, 15) is 14.0 Å². The summed E-state index contributed by atoms with van der Waals surface area (Å²) in [5.41, 5.74) is 1.95. The number of likely N-dealkylation sites (N-methyl/N-ethyl adjacent to an activating group) is 1. The second-order valence-corrected chi connectivity index (χ2v) is 7.56. The second kappa shape index (κ2) is 10.3. The molecule has 2 rings (SSSR count). The molecule has 0 unspecified atom stereocenters. The lowest BCUT2D eigenvalue weighted by Gasteiger charge is -2.38. The van der Waals surface area contributed by atoms with Crippen molar-refractivity contribution in [3.8, 4) is 0 Å². The number of methoxy groups -OCH3 is 1. The van der Waals surface area contributed by atoms with Crippen LogP contribution in [0.4, 0.5) is 4.39 Å². The van der Waals surface area contributed by atoms with E-state index in [1.54, 1.807) is 26.2 Å². The van der Waals surface area contributed by atoms with Crippen LogP contribution in [-0.2, 0) is 14.3 Å². The molecule has 0 aromatic heterocycles. The summed E-state index contributed by atoms with van der Waals surface area (Å²) in [5, 5.41) is 3.71. The first-order valence-corrected chi connectivity index (χ1v) is 9.99. The van der Waals surface area contributed by atoms with Gasteiger partial charge in [0.15, 0.2) is 5.11 Å². The Labute approximate surface area is 176 Å². The molecule has 1 N–H and O–H groups in total. The number of nitrogens with zero attached hydrogens (tertiary/aromatic N) is 2. The van der Waals surface area contributed by atoms with Crippen molar-refractivity contribution in [3.05, 3.63) is 46.9 Å². The molecule has 0 spiro atoms. The van der Waals surface area contributed by atoms with Crippen molar-refractivity contribution >= 4 is 29.2 Å². The number of unbranched alkanes of at least 4 members (excludes halogenated alkanes) is 2. The standard InChI is InChI=1S/C21H28FN3O3S/c1-14-18(20(27)24(2)3)19(15-9-8-10-16(22)13-15)23-21(29)25(14)12-7-5-6-11-17(26)28-4/h8-10,13,19H,5-7,11-12H2,1-4H3,(H,23,29)/t19-/m0/s1. The number of benzene rings is 1. The van der Waals surface area contributed by atoms with E-state index in [-0.39, 0.29) is 17.7 Å². The second-order valence-electron chi connectivity index (χ2n) is 7.17. The van der Waals surface area contributed by atoms with E-state index in [0.717, 1.165) is 25.0 Å². The summed E-state index contributed by atoms with van der Waals surface area (Å²) in [6.45, 7) is 2.49. The summed E-state index contributed by atoms with van der Waals surface area (Å²) in [5.74, 6) is -0.729. The van der Waals surface area contributed by atoms with Gasteiger partial charge in [-0.15, -0.1) is 0 Å². The van der Waals surface area contributed by atoms with E-state index in [2.05, 4.69) is 10.1 Å². The molecule has 0 radical (unpaired) electrons. The first-order valence-electron chi connectivity index (χ1n) is 9.59. The van der Waals surface area contributed by atoms with Gasteiger partial charge in [-0.1, -0.05) is 18.6 Å². The average molecular weight is 422 g/mol. The van der Waals surface area contributed by atoms with Gasteiger partial charge in [0.1, 0.15) is 5.82 Å². The van der Waals surface area contributed by atoms with Crippen molar-refractivity contribution in [1.82, 2.24) is 15.1 Å². The van der Waals surface area contributed by atoms with E-state index in [4.69, 9.17) is 12.2 Å². The predicted octanol–water partition coefficient (Wildman–Crippen LogP) is 3.15. The van der Waals surface area contributed by atoms with Crippen molar-refractivity contribution in [1.29, 1.82) is 0 Å². The number of hydrogen-bond acceptors (Lipinski definition) is 4. The van der Waals surface area contributed by atoms with Crippen molar-refractivity contribution in [2.45, 2.75) is 38.6 Å². The van der Waals surface area contributed by atoms with Gasteiger partial charge in [-0.2, -0.15) is 0 Å². The number of rotatable bonds is 8. The molecule has 29 heavy (non-hydrogen) atoms. The predicted molar refractivity (Wildman–Crippen MR) is 113 cm³/mol. The summed E-state index contributed by atoms with van der Waals surface area (Å²) in [6.07, 6.45) is 2.77. The molecule has 1 aromatic rings. The third-order valence-electron chi connectivity index (χ3n) is 4.91. The van der Waals surface area contributed by atoms with Gasteiger partial charge in [-0.3, -0.25) is 9.59 Å². The molecule has 0 aliphatic carbocycles. The molecule has 8 heteroatoms. The van der Waals surface area contributed by atoms with Crippen LogP contribution in [0.1, 0.15) is 44.2 Å². The van der Waals surface area contributed by atoms with E-state index in [0.29, 0.717) is 29.2 Å². The number of nitrogens with one attached hydrogen (secondary N) is 1. The van der Waals surface area contributed by atoms with Gasteiger partial charge in [0.25, 0.3) is 5.91 Å². The minimum Gasteiger partial charge on any atom is -0.469 e. The van der Waals surface area contributed by atoms with E-state index < -0.39 is 6.04 Å². The van der Waals surface area contributed by atoms with Crippen LogP contribution in [0.3, 0.4) is 0 Å². The lowest BCUT2D eigenvalue weighted by Crippen LogP contribution is -2.49. The molecule has 1 heterocycles. The summed E-state index contributed by atoms with van der Waals surface area (Å²) >= 11 is 5.55. The monoisotopic (exact) mass is 421 g/mol. The fraction of sp³-hybridized carbons (Fsp3) is 0.476. The van der Waals surface area contributed by atoms with Gasteiger partial charge in [0.05, 0.1) is 18.7 Å². The zero-order valence-corrected chi connectivity index (χ0v) is 18.1. The summed E-state index contributed by atoms with van der Waals surface area (Å²) in [7, 11) is 4.76. The third kappa shape index (κ3) is 5.76. The minimum atomic E-state index is -0.510. The largest absolute Gasteiger partial charge is 0.469 e. The van der Waals surface area contributed by atoms with Crippen LogP contribution in [0, 0.1) is 5.82 Å². The molecule has 158 valence electrons. The number of hydrogen-bond donors (Lipinski definition) is 1. The molecule has 0 fully saturated rings. The zero-order valence-electron chi connectivity index (χ0n) is 17.3. The summed E-state index contributed by atoms with van der Waals surface area (Å²) in [4.78, 5) is 27.6. The zero-order chi connectivity index (χ0) is 21.6. The number of esters is 1. The Hall–Kier alpha value is -2.48. The van der Waals surface area contributed by atoms with Crippen molar-refractivity contribution < 1.29 is 18.7 Å². The van der Waals surface area contributed by atoms with Crippen LogP contribution in [0.25, 0.3) is 0 Å². The number of thiocarbonyl (C=S) groups is 1. The number of allylic oxidation sites excluding steroid dienone is 1. The van der Waals surface area contributed by atoms with Crippen LogP contribution in [0.15, 0.2) is 35.5 Å². The third-order valence-corrected chi connectivity index (χ3v) is 5.24. The fourth-order valence-corrected chi connectivity index (χ4v) is 3.67. The highest BCUT2D eigenvalue weighted by molar-refractivity contribution is 7.80. The van der Waals surface area contributed by atoms with Crippen LogP contribution in [0.2, 0.25) is 0 Å². The number of ether oxygens (including phenoxy) is 1. The Morgan fingerprint density at radius 3 is 2.62 bits per heavy atom. The fourth-order valence-electron chi connectivity index (χ4n) is 3.32. The molecule has 0 saturated carbocycles. The van der Waals surface area contributed by atoms with Gasteiger partial charge in [0.2, 0.25) is 0 Å². The summed E-state index contributed by atoms with van der Waals surface area (Å²) in [6, 6.07) is 5.68. The molecule has 1 aliphatic rings. The Kier molecular flexibility index (Phi) is 8.13. The van der Waals surface area contributed by atoms with Crippen LogP contribution >= 0.6 is 12.2 Å². The number of carbonyl (C=O) groups excluding carboxylic acids is 2. The normalized spacial score (nSPS) is 16.5. The molecule has 1 aromatic carbocycles. The maximum absolute atomic E-state index is 13.8. The van der Waals surface area contributed by atoms with Crippen molar-refractivity contribution in [2.24, 2.45) is 0 Å².